The summed E-state index contributed by atoms with van der Waals surface area (Å²) in [5.74, 6) is -0.262. The Bertz CT molecular complexity index is 762. The standard InChI is InChI=1S/C18H22FN3O3/c1-12(2)15-20-17(21-25-15)22-9-5-8-18(11-22,16(23)24)10-13-6-3-4-7-14(13)19/h3-4,6-7,12H,5,8-11H2,1-2H3,(H,23,24)/t18-/m1/s1. The Morgan fingerprint density at radius 3 is 2.84 bits per heavy atom. The number of rotatable bonds is 5. The smallest absolute Gasteiger partial charge is 0.311 e. The van der Waals surface area contributed by atoms with Crippen molar-refractivity contribution in [3.63, 3.8) is 0 Å². The molecule has 2 heterocycles. The minimum Gasteiger partial charge on any atom is -0.481 e. The van der Waals surface area contributed by atoms with E-state index in [0.717, 1.165) is 0 Å². The lowest BCUT2D eigenvalue weighted by atomic mass is 9.75. The number of hydrogen-bond donors (Lipinski definition) is 1. The van der Waals surface area contributed by atoms with Crippen molar-refractivity contribution in [1.29, 1.82) is 0 Å². The highest BCUT2D eigenvalue weighted by Gasteiger charge is 2.44. The van der Waals surface area contributed by atoms with Crippen LogP contribution < -0.4 is 4.90 Å². The molecule has 1 aromatic heterocycles. The van der Waals surface area contributed by atoms with Gasteiger partial charge < -0.3 is 14.5 Å². The molecule has 0 radical (unpaired) electrons. The number of carboxylic acids is 1. The Morgan fingerprint density at radius 2 is 2.20 bits per heavy atom. The Balaban J connectivity index is 1.86. The molecule has 6 nitrogen and oxygen atoms in total. The van der Waals surface area contributed by atoms with Gasteiger partial charge in [0.15, 0.2) is 0 Å². The number of carboxylic acid groups (broad SMARTS) is 1. The van der Waals surface area contributed by atoms with E-state index in [4.69, 9.17) is 4.52 Å². The monoisotopic (exact) mass is 347 g/mol. The van der Waals surface area contributed by atoms with Crippen LogP contribution in [0.5, 0.6) is 0 Å². The van der Waals surface area contributed by atoms with E-state index in [0.29, 0.717) is 36.8 Å². The predicted molar refractivity (Wildman–Crippen MR) is 90.0 cm³/mol. The van der Waals surface area contributed by atoms with Crippen molar-refractivity contribution in [2.75, 3.05) is 18.0 Å². The second-order valence-electron chi connectivity index (χ2n) is 6.97. The van der Waals surface area contributed by atoms with E-state index in [1.165, 1.54) is 6.07 Å². The Hall–Kier alpha value is -2.44. The van der Waals surface area contributed by atoms with Gasteiger partial charge in [-0.15, -0.1) is 0 Å². The molecule has 134 valence electrons. The molecule has 7 heteroatoms. The van der Waals surface area contributed by atoms with Crippen molar-refractivity contribution in [2.45, 2.75) is 39.0 Å². The van der Waals surface area contributed by atoms with E-state index in [-0.39, 0.29) is 24.7 Å². The fourth-order valence-corrected chi connectivity index (χ4v) is 3.29. The first-order valence-corrected chi connectivity index (χ1v) is 8.47. The normalized spacial score (nSPS) is 20.9. The molecular formula is C18H22FN3O3. The van der Waals surface area contributed by atoms with Crippen LogP contribution in [0.2, 0.25) is 0 Å². The van der Waals surface area contributed by atoms with Crippen molar-refractivity contribution in [2.24, 2.45) is 5.41 Å². The molecule has 1 N–H and O–H groups in total. The van der Waals surface area contributed by atoms with Gasteiger partial charge in [-0.25, -0.2) is 4.39 Å². The van der Waals surface area contributed by atoms with Crippen molar-refractivity contribution < 1.29 is 18.8 Å². The molecule has 1 aliphatic rings. The fraction of sp³-hybridized carbons (Fsp3) is 0.500. The summed E-state index contributed by atoms with van der Waals surface area (Å²) in [5.41, 5.74) is -0.651. The van der Waals surface area contributed by atoms with Gasteiger partial charge in [0.25, 0.3) is 5.95 Å². The quantitative estimate of drug-likeness (QED) is 0.894. The Morgan fingerprint density at radius 1 is 1.44 bits per heavy atom. The van der Waals surface area contributed by atoms with E-state index >= 15 is 0 Å². The average Bonchev–Trinajstić information content (AvgIpc) is 3.07. The van der Waals surface area contributed by atoms with E-state index < -0.39 is 11.4 Å². The highest BCUT2D eigenvalue weighted by Crippen LogP contribution is 2.36. The maximum Gasteiger partial charge on any atom is 0.311 e. The third kappa shape index (κ3) is 3.50. The molecule has 0 bridgehead atoms. The number of benzene rings is 1. The second kappa shape index (κ2) is 6.82. The number of piperidine rings is 1. The molecule has 1 atom stereocenters. The molecular weight excluding hydrogens is 325 g/mol. The lowest BCUT2D eigenvalue weighted by molar-refractivity contribution is -0.149. The van der Waals surface area contributed by atoms with Crippen molar-refractivity contribution in [3.8, 4) is 0 Å². The Labute approximate surface area is 145 Å². The highest BCUT2D eigenvalue weighted by atomic mass is 19.1. The van der Waals surface area contributed by atoms with Gasteiger partial charge in [0.1, 0.15) is 5.82 Å². The zero-order valence-electron chi connectivity index (χ0n) is 14.4. The number of anilines is 1. The van der Waals surface area contributed by atoms with Crippen LogP contribution in [0, 0.1) is 11.2 Å². The number of hydrogen-bond acceptors (Lipinski definition) is 5. The van der Waals surface area contributed by atoms with Crippen LogP contribution in [0.4, 0.5) is 10.3 Å². The average molecular weight is 347 g/mol. The summed E-state index contributed by atoms with van der Waals surface area (Å²) in [6.07, 6.45) is 1.30. The van der Waals surface area contributed by atoms with Gasteiger partial charge >= 0.3 is 5.97 Å². The molecule has 0 spiro atoms. The molecule has 0 aliphatic carbocycles. The molecule has 1 fully saturated rings. The van der Waals surface area contributed by atoms with E-state index in [2.05, 4.69) is 10.1 Å². The van der Waals surface area contributed by atoms with Crippen LogP contribution in [0.1, 0.15) is 44.1 Å². The van der Waals surface area contributed by atoms with Gasteiger partial charge in [-0.05, 0) is 36.0 Å². The first-order chi connectivity index (χ1) is 11.9. The van der Waals surface area contributed by atoms with Crippen LogP contribution in [0.3, 0.4) is 0 Å². The lowest BCUT2D eigenvalue weighted by Gasteiger charge is -2.39. The van der Waals surface area contributed by atoms with Gasteiger partial charge in [-0.3, -0.25) is 4.79 Å². The van der Waals surface area contributed by atoms with Gasteiger partial charge in [0, 0.05) is 19.0 Å². The SMILES string of the molecule is CC(C)c1nc(N2CCC[C@](Cc3ccccc3F)(C(=O)O)C2)no1. The van der Waals surface area contributed by atoms with E-state index in [1.54, 1.807) is 18.2 Å². The third-order valence-electron chi connectivity index (χ3n) is 4.72. The summed E-state index contributed by atoms with van der Waals surface area (Å²) >= 11 is 0. The van der Waals surface area contributed by atoms with Crippen LogP contribution in [0.15, 0.2) is 28.8 Å². The summed E-state index contributed by atoms with van der Waals surface area (Å²) < 4.78 is 19.3. The second-order valence-corrected chi connectivity index (χ2v) is 6.97. The fourth-order valence-electron chi connectivity index (χ4n) is 3.29. The van der Waals surface area contributed by atoms with E-state index in [1.807, 2.05) is 18.7 Å². The molecule has 0 saturated carbocycles. The minimum atomic E-state index is -1.07. The summed E-state index contributed by atoms with van der Waals surface area (Å²) in [5, 5.41) is 13.9. The predicted octanol–water partition coefficient (Wildman–Crippen LogP) is 3.25. The number of carbonyl (C=O) groups is 1. The zero-order valence-corrected chi connectivity index (χ0v) is 14.4. The first kappa shape index (κ1) is 17.4. The van der Waals surface area contributed by atoms with Gasteiger partial charge in [-0.2, -0.15) is 4.98 Å². The van der Waals surface area contributed by atoms with Crippen LogP contribution in [-0.2, 0) is 11.2 Å². The number of halogens is 1. The van der Waals surface area contributed by atoms with Crippen molar-refractivity contribution in [1.82, 2.24) is 10.1 Å². The number of aliphatic carboxylic acids is 1. The number of nitrogens with zero attached hydrogens (tertiary/aromatic N) is 3. The molecule has 1 saturated heterocycles. The molecule has 1 aliphatic heterocycles. The molecule has 2 aromatic rings. The van der Waals surface area contributed by atoms with Crippen molar-refractivity contribution in [3.05, 3.63) is 41.5 Å². The van der Waals surface area contributed by atoms with Crippen LogP contribution in [-0.4, -0.2) is 34.3 Å². The summed E-state index contributed by atoms with van der Waals surface area (Å²) in [6.45, 7) is 4.79. The molecule has 25 heavy (non-hydrogen) atoms. The topological polar surface area (TPSA) is 79.5 Å². The van der Waals surface area contributed by atoms with Crippen LogP contribution >= 0.6 is 0 Å². The minimum absolute atomic E-state index is 0.105. The van der Waals surface area contributed by atoms with Gasteiger partial charge in [0.05, 0.1) is 5.41 Å². The van der Waals surface area contributed by atoms with Crippen LogP contribution in [0.25, 0.3) is 0 Å². The summed E-state index contributed by atoms with van der Waals surface area (Å²) in [7, 11) is 0. The van der Waals surface area contributed by atoms with Crippen molar-refractivity contribution >= 4 is 11.9 Å². The maximum absolute atomic E-state index is 14.0. The molecule has 0 amide bonds. The van der Waals surface area contributed by atoms with Gasteiger partial charge in [0.2, 0.25) is 5.89 Å². The van der Waals surface area contributed by atoms with Gasteiger partial charge in [-0.1, -0.05) is 32.0 Å². The lowest BCUT2D eigenvalue weighted by Crippen LogP contribution is -2.49. The highest BCUT2D eigenvalue weighted by molar-refractivity contribution is 5.76. The summed E-state index contributed by atoms with van der Waals surface area (Å²) in [4.78, 5) is 18.3. The number of aromatic nitrogens is 2. The maximum atomic E-state index is 14.0. The molecule has 1 aromatic carbocycles. The molecule has 3 rings (SSSR count). The molecule has 0 unspecified atom stereocenters. The first-order valence-electron chi connectivity index (χ1n) is 8.47. The largest absolute Gasteiger partial charge is 0.481 e. The van der Waals surface area contributed by atoms with E-state index in [9.17, 15) is 14.3 Å². The Kier molecular flexibility index (Phi) is 4.74. The zero-order chi connectivity index (χ0) is 18.0. The third-order valence-corrected chi connectivity index (χ3v) is 4.72. The summed E-state index contributed by atoms with van der Waals surface area (Å²) in [6, 6.07) is 6.33.